The van der Waals surface area contributed by atoms with Crippen molar-refractivity contribution in [2.24, 2.45) is 5.73 Å². The molecular weight excluding hydrogens is 371 g/mol. The number of rotatable bonds is 6. The molecule has 0 bridgehead atoms. The number of benzene rings is 1. The van der Waals surface area contributed by atoms with Gasteiger partial charge in [0.25, 0.3) is 11.8 Å². The molecule has 0 radical (unpaired) electrons. The van der Waals surface area contributed by atoms with E-state index in [9.17, 15) is 9.59 Å². The number of aryl methyl sites for hydroxylation is 1. The van der Waals surface area contributed by atoms with Crippen LogP contribution in [0.3, 0.4) is 0 Å². The topological polar surface area (TPSA) is 81.4 Å². The van der Waals surface area contributed by atoms with Crippen LogP contribution in [0.4, 0.5) is 5.00 Å². The van der Waals surface area contributed by atoms with Crippen molar-refractivity contribution >= 4 is 51.4 Å². The summed E-state index contributed by atoms with van der Waals surface area (Å²) in [5.41, 5.74) is 5.64. The van der Waals surface area contributed by atoms with E-state index in [1.54, 1.807) is 25.1 Å². The lowest BCUT2D eigenvalue weighted by Gasteiger charge is -2.15. The molecule has 1 unspecified atom stereocenters. The first-order chi connectivity index (χ1) is 11.3. The summed E-state index contributed by atoms with van der Waals surface area (Å²) in [6.07, 6.45) is -0.0793. The second-order valence-corrected chi connectivity index (χ2v) is 6.98. The molecular formula is C16H16Cl2N2O3S. The molecule has 0 aliphatic carbocycles. The fourth-order valence-electron chi connectivity index (χ4n) is 1.92. The van der Waals surface area contributed by atoms with Crippen molar-refractivity contribution in [3.63, 3.8) is 0 Å². The van der Waals surface area contributed by atoms with Crippen molar-refractivity contribution < 1.29 is 14.3 Å². The van der Waals surface area contributed by atoms with Gasteiger partial charge in [-0.25, -0.2) is 0 Å². The van der Waals surface area contributed by atoms with Crippen molar-refractivity contribution in [3.05, 3.63) is 44.8 Å². The molecule has 0 saturated carbocycles. The maximum absolute atomic E-state index is 12.3. The van der Waals surface area contributed by atoms with Gasteiger partial charge in [0.1, 0.15) is 10.8 Å². The molecule has 1 heterocycles. The standard InChI is InChI=1S/C16H16Cl2N2O3S/c1-3-10-7-11(14(19)21)16(24-10)20-15(22)8(2)23-13-5-4-9(17)6-12(13)18/h4-8H,3H2,1-2H3,(H2,19,21)(H,20,22). The molecule has 128 valence electrons. The van der Waals surface area contributed by atoms with Crippen LogP contribution in [0, 0.1) is 0 Å². The van der Waals surface area contributed by atoms with Gasteiger partial charge in [-0.1, -0.05) is 30.1 Å². The minimum absolute atomic E-state index is 0.293. The SMILES string of the molecule is CCc1cc(C(N)=O)c(NC(=O)C(C)Oc2ccc(Cl)cc2Cl)s1. The summed E-state index contributed by atoms with van der Waals surface area (Å²) in [6, 6.07) is 6.42. The Morgan fingerprint density at radius 1 is 1.33 bits per heavy atom. The summed E-state index contributed by atoms with van der Waals surface area (Å²) >= 11 is 13.2. The molecule has 2 aromatic rings. The summed E-state index contributed by atoms with van der Waals surface area (Å²) in [4.78, 5) is 24.8. The molecule has 2 rings (SSSR count). The molecule has 2 amide bonds. The van der Waals surface area contributed by atoms with Gasteiger partial charge in [0.15, 0.2) is 6.10 Å². The minimum Gasteiger partial charge on any atom is -0.479 e. The molecule has 0 aliphatic rings. The van der Waals surface area contributed by atoms with Gasteiger partial charge in [-0.3, -0.25) is 9.59 Å². The molecule has 0 aliphatic heterocycles. The first-order valence-corrected chi connectivity index (χ1v) is 8.74. The van der Waals surface area contributed by atoms with Gasteiger partial charge < -0.3 is 15.8 Å². The monoisotopic (exact) mass is 386 g/mol. The molecule has 1 atom stereocenters. The number of nitrogens with one attached hydrogen (secondary N) is 1. The molecule has 0 saturated heterocycles. The highest BCUT2D eigenvalue weighted by atomic mass is 35.5. The Labute approximate surface area is 153 Å². The summed E-state index contributed by atoms with van der Waals surface area (Å²) < 4.78 is 5.55. The molecule has 24 heavy (non-hydrogen) atoms. The molecule has 3 N–H and O–H groups in total. The molecule has 5 nitrogen and oxygen atoms in total. The van der Waals surface area contributed by atoms with Crippen LogP contribution in [0.15, 0.2) is 24.3 Å². The minimum atomic E-state index is -0.823. The Balaban J connectivity index is 2.11. The Bertz CT molecular complexity index is 777. The van der Waals surface area contributed by atoms with Gasteiger partial charge in [-0.15, -0.1) is 11.3 Å². The quantitative estimate of drug-likeness (QED) is 0.782. The van der Waals surface area contributed by atoms with E-state index >= 15 is 0 Å². The van der Waals surface area contributed by atoms with E-state index in [1.807, 2.05) is 6.92 Å². The number of carbonyl (C=O) groups is 2. The van der Waals surface area contributed by atoms with E-state index in [1.165, 1.54) is 17.4 Å². The number of primary amides is 1. The third-order valence-electron chi connectivity index (χ3n) is 3.20. The van der Waals surface area contributed by atoms with Crippen LogP contribution in [-0.2, 0) is 11.2 Å². The summed E-state index contributed by atoms with van der Waals surface area (Å²) in [6.45, 7) is 3.54. The lowest BCUT2D eigenvalue weighted by molar-refractivity contribution is -0.122. The Kier molecular flexibility index (Phi) is 6.10. The highest BCUT2D eigenvalue weighted by molar-refractivity contribution is 7.16. The number of amides is 2. The average Bonchev–Trinajstić information content (AvgIpc) is 2.93. The van der Waals surface area contributed by atoms with Crippen molar-refractivity contribution in [3.8, 4) is 5.75 Å². The summed E-state index contributed by atoms with van der Waals surface area (Å²) in [5.74, 6) is -0.650. The zero-order chi connectivity index (χ0) is 17.9. The van der Waals surface area contributed by atoms with Crippen LogP contribution < -0.4 is 15.8 Å². The zero-order valence-corrected chi connectivity index (χ0v) is 15.4. The first-order valence-electron chi connectivity index (χ1n) is 7.17. The van der Waals surface area contributed by atoms with E-state index in [-0.39, 0.29) is 0 Å². The fraction of sp³-hybridized carbons (Fsp3) is 0.250. The van der Waals surface area contributed by atoms with Crippen LogP contribution in [0.5, 0.6) is 5.75 Å². The summed E-state index contributed by atoms with van der Waals surface area (Å²) in [7, 11) is 0. The normalized spacial score (nSPS) is 11.8. The van der Waals surface area contributed by atoms with Crippen LogP contribution in [0.2, 0.25) is 10.0 Å². The van der Waals surface area contributed by atoms with Gasteiger partial charge in [0.2, 0.25) is 0 Å². The predicted molar refractivity (Wildman–Crippen MR) is 97.4 cm³/mol. The van der Waals surface area contributed by atoms with Crippen molar-refractivity contribution in [1.82, 2.24) is 0 Å². The van der Waals surface area contributed by atoms with Crippen LogP contribution in [0.1, 0.15) is 29.1 Å². The van der Waals surface area contributed by atoms with Crippen LogP contribution in [0.25, 0.3) is 0 Å². The number of thiophene rings is 1. The number of hydrogen-bond donors (Lipinski definition) is 2. The maximum Gasteiger partial charge on any atom is 0.265 e. The second kappa shape index (κ2) is 7.88. The van der Waals surface area contributed by atoms with E-state index in [4.69, 9.17) is 33.7 Å². The number of halogens is 2. The molecule has 0 spiro atoms. The molecule has 0 fully saturated rings. The molecule has 1 aromatic carbocycles. The van der Waals surface area contributed by atoms with Gasteiger partial charge in [0.05, 0.1) is 10.6 Å². The van der Waals surface area contributed by atoms with Crippen molar-refractivity contribution in [2.75, 3.05) is 5.32 Å². The highest BCUT2D eigenvalue weighted by Crippen LogP contribution is 2.30. The van der Waals surface area contributed by atoms with Crippen molar-refractivity contribution in [2.45, 2.75) is 26.4 Å². The van der Waals surface area contributed by atoms with Gasteiger partial charge >= 0.3 is 0 Å². The number of anilines is 1. The average molecular weight is 387 g/mol. The number of carbonyl (C=O) groups excluding carboxylic acids is 2. The first kappa shape index (κ1) is 18.6. The highest BCUT2D eigenvalue weighted by Gasteiger charge is 2.20. The zero-order valence-electron chi connectivity index (χ0n) is 13.1. The second-order valence-electron chi connectivity index (χ2n) is 5.00. The number of hydrogen-bond acceptors (Lipinski definition) is 4. The largest absolute Gasteiger partial charge is 0.479 e. The molecule has 8 heteroatoms. The number of ether oxygens (including phenoxy) is 1. The lowest BCUT2D eigenvalue weighted by atomic mass is 10.2. The third kappa shape index (κ3) is 4.41. The Morgan fingerprint density at radius 3 is 2.62 bits per heavy atom. The van der Waals surface area contributed by atoms with Gasteiger partial charge in [0, 0.05) is 9.90 Å². The Hall–Kier alpha value is -1.76. The third-order valence-corrected chi connectivity index (χ3v) is 4.93. The van der Waals surface area contributed by atoms with Gasteiger partial charge in [-0.05, 0) is 37.6 Å². The van der Waals surface area contributed by atoms with Crippen LogP contribution >= 0.6 is 34.5 Å². The van der Waals surface area contributed by atoms with E-state index in [0.717, 1.165) is 11.3 Å². The lowest BCUT2D eigenvalue weighted by Crippen LogP contribution is -2.30. The number of nitrogens with two attached hydrogens (primary N) is 1. The smallest absolute Gasteiger partial charge is 0.265 e. The van der Waals surface area contributed by atoms with Gasteiger partial charge in [-0.2, -0.15) is 0 Å². The Morgan fingerprint density at radius 2 is 2.04 bits per heavy atom. The fourth-order valence-corrected chi connectivity index (χ4v) is 3.38. The van der Waals surface area contributed by atoms with E-state index in [2.05, 4.69) is 5.32 Å². The predicted octanol–water partition coefficient (Wildman–Crippen LogP) is 4.12. The summed E-state index contributed by atoms with van der Waals surface area (Å²) in [5, 5.41) is 3.88. The van der Waals surface area contributed by atoms with E-state index in [0.29, 0.717) is 26.4 Å². The van der Waals surface area contributed by atoms with E-state index < -0.39 is 17.9 Å². The van der Waals surface area contributed by atoms with Crippen molar-refractivity contribution in [1.29, 1.82) is 0 Å². The van der Waals surface area contributed by atoms with Crippen LogP contribution in [-0.4, -0.2) is 17.9 Å². The maximum atomic E-state index is 12.3. The molecule has 1 aromatic heterocycles.